The number of carbonyl (C=O) groups is 1. The van der Waals surface area contributed by atoms with Crippen LogP contribution in [-0.2, 0) is 23.0 Å². The number of hydrogen-bond donors (Lipinski definition) is 1. The van der Waals surface area contributed by atoms with E-state index >= 15 is 0 Å². The largest absolute Gasteiger partial charge is 0.455 e. The van der Waals surface area contributed by atoms with E-state index < -0.39 is 10.8 Å². The van der Waals surface area contributed by atoms with E-state index in [0.717, 1.165) is 16.9 Å². The smallest absolute Gasteiger partial charge is 0.287 e. The second kappa shape index (κ2) is 9.75. The molecule has 0 spiro atoms. The van der Waals surface area contributed by atoms with Crippen LogP contribution < -0.4 is 5.32 Å². The summed E-state index contributed by atoms with van der Waals surface area (Å²) in [6.45, 7) is 2.50. The van der Waals surface area contributed by atoms with Crippen LogP contribution in [0.5, 0.6) is 0 Å². The predicted molar refractivity (Wildman–Crippen MR) is 114 cm³/mol. The molecular weight excluding hydrogens is 390 g/mol. The summed E-state index contributed by atoms with van der Waals surface area (Å²) in [5, 5.41) is 2.87. The minimum absolute atomic E-state index is 0.244. The van der Waals surface area contributed by atoms with E-state index in [0.29, 0.717) is 12.3 Å². The van der Waals surface area contributed by atoms with Gasteiger partial charge in [-0.05, 0) is 67.1 Å². The quantitative estimate of drug-likeness (QED) is 0.549. The van der Waals surface area contributed by atoms with Gasteiger partial charge in [-0.25, -0.2) is 0 Å². The molecule has 1 heterocycles. The van der Waals surface area contributed by atoms with Gasteiger partial charge in [0, 0.05) is 16.3 Å². The van der Waals surface area contributed by atoms with Gasteiger partial charge in [-0.2, -0.15) is 0 Å². The first-order valence-corrected chi connectivity index (χ1v) is 11.5. The maximum absolute atomic E-state index is 12.5. The first-order chi connectivity index (χ1) is 13.5. The Labute approximate surface area is 172 Å². The van der Waals surface area contributed by atoms with Crippen LogP contribution in [0.2, 0.25) is 0 Å². The summed E-state index contributed by atoms with van der Waals surface area (Å²) in [6.07, 6.45) is 2.80. The number of benzene rings is 2. The van der Waals surface area contributed by atoms with Crippen molar-refractivity contribution >= 4 is 28.5 Å². The van der Waals surface area contributed by atoms with E-state index in [1.807, 2.05) is 37.4 Å². The second-order valence-corrected chi connectivity index (χ2v) is 8.76. The third-order valence-electron chi connectivity index (χ3n) is 4.27. The van der Waals surface area contributed by atoms with Gasteiger partial charge >= 0.3 is 0 Å². The number of hydrogen-bond acceptors (Lipinski definition) is 4. The molecule has 1 atom stereocenters. The number of aryl methyl sites for hydroxylation is 1. The van der Waals surface area contributed by atoms with E-state index in [-0.39, 0.29) is 17.4 Å². The van der Waals surface area contributed by atoms with Crippen molar-refractivity contribution in [3.63, 3.8) is 0 Å². The van der Waals surface area contributed by atoms with Gasteiger partial charge in [0.1, 0.15) is 5.76 Å². The van der Waals surface area contributed by atoms with E-state index in [4.69, 9.17) is 4.42 Å². The number of nitrogens with one attached hydrogen (secondary N) is 1. The Morgan fingerprint density at radius 1 is 1.11 bits per heavy atom. The molecule has 4 nitrogen and oxygen atoms in total. The fourth-order valence-electron chi connectivity index (χ4n) is 2.75. The lowest BCUT2D eigenvalue weighted by molar-refractivity contribution is 0.0925. The molecule has 1 N–H and O–H groups in total. The van der Waals surface area contributed by atoms with Crippen LogP contribution in [-0.4, -0.2) is 22.9 Å². The van der Waals surface area contributed by atoms with Gasteiger partial charge in [-0.1, -0.05) is 24.3 Å². The molecule has 0 aliphatic rings. The van der Waals surface area contributed by atoms with Crippen LogP contribution in [0, 0.1) is 6.92 Å². The molecule has 0 aliphatic carbocycles. The van der Waals surface area contributed by atoms with Crippen molar-refractivity contribution in [3.8, 4) is 0 Å². The second-order valence-electron chi connectivity index (χ2n) is 6.43. The van der Waals surface area contributed by atoms with Crippen molar-refractivity contribution in [1.29, 1.82) is 0 Å². The van der Waals surface area contributed by atoms with Crippen molar-refractivity contribution in [2.45, 2.75) is 28.9 Å². The van der Waals surface area contributed by atoms with Crippen LogP contribution in [0.25, 0.3) is 0 Å². The zero-order chi connectivity index (χ0) is 19.9. The van der Waals surface area contributed by atoms with Crippen LogP contribution >= 0.6 is 11.8 Å². The molecule has 0 fully saturated rings. The summed E-state index contributed by atoms with van der Waals surface area (Å²) in [5.41, 5.74) is 2.24. The number of amides is 1. The van der Waals surface area contributed by atoms with Gasteiger partial charge in [0.2, 0.25) is 0 Å². The highest BCUT2D eigenvalue weighted by atomic mass is 32.2. The van der Waals surface area contributed by atoms with Crippen LogP contribution in [0.1, 0.15) is 27.4 Å². The molecule has 0 radical (unpaired) electrons. The third-order valence-corrected chi connectivity index (χ3v) is 6.34. The molecule has 1 aromatic heterocycles. The van der Waals surface area contributed by atoms with Gasteiger partial charge in [0.25, 0.3) is 5.91 Å². The van der Waals surface area contributed by atoms with Crippen molar-refractivity contribution in [1.82, 2.24) is 5.32 Å². The number of carbonyl (C=O) groups excluding carboxylic acids is 1. The van der Waals surface area contributed by atoms with Crippen molar-refractivity contribution in [2.75, 3.05) is 12.8 Å². The third kappa shape index (κ3) is 5.59. The highest BCUT2D eigenvalue weighted by Crippen LogP contribution is 2.17. The van der Waals surface area contributed by atoms with E-state index in [1.54, 1.807) is 23.9 Å². The molecule has 0 aliphatic heterocycles. The van der Waals surface area contributed by atoms with E-state index in [1.165, 1.54) is 10.5 Å². The SMILES string of the molecule is CSc1ccc(CCNC(=O)c2ccc(CS(=O)c3cccc(C)c3)o2)cc1. The average molecular weight is 414 g/mol. The van der Waals surface area contributed by atoms with Crippen molar-refractivity contribution < 1.29 is 13.4 Å². The zero-order valence-electron chi connectivity index (χ0n) is 15.9. The molecule has 146 valence electrons. The summed E-state index contributed by atoms with van der Waals surface area (Å²) in [7, 11) is -1.20. The highest BCUT2D eigenvalue weighted by molar-refractivity contribution is 7.98. The normalized spacial score (nSPS) is 11.9. The Bertz CT molecular complexity index is 964. The van der Waals surface area contributed by atoms with Gasteiger partial charge in [-0.3, -0.25) is 9.00 Å². The predicted octanol–water partition coefficient (Wildman–Crippen LogP) is 4.59. The Kier molecular flexibility index (Phi) is 7.12. The topological polar surface area (TPSA) is 59.3 Å². The first-order valence-electron chi connectivity index (χ1n) is 9.00. The standard InChI is InChI=1S/C22H23NO3S2/c1-16-4-3-5-20(14-16)28(25)15-18-8-11-21(26-18)22(24)23-13-12-17-6-9-19(27-2)10-7-17/h3-11,14H,12-13,15H2,1-2H3,(H,23,24). The first kappa shape index (κ1) is 20.4. The summed E-state index contributed by atoms with van der Waals surface area (Å²) in [5.74, 6) is 0.776. The van der Waals surface area contributed by atoms with E-state index in [9.17, 15) is 9.00 Å². The van der Waals surface area contributed by atoms with Crippen molar-refractivity contribution in [2.24, 2.45) is 0 Å². The van der Waals surface area contributed by atoms with Crippen LogP contribution in [0.4, 0.5) is 0 Å². The fourth-order valence-corrected chi connectivity index (χ4v) is 4.28. The Morgan fingerprint density at radius 2 is 1.89 bits per heavy atom. The van der Waals surface area contributed by atoms with Gasteiger partial charge < -0.3 is 9.73 Å². The monoisotopic (exact) mass is 413 g/mol. The zero-order valence-corrected chi connectivity index (χ0v) is 17.6. The number of thioether (sulfide) groups is 1. The van der Waals surface area contributed by atoms with Gasteiger partial charge in [-0.15, -0.1) is 11.8 Å². The summed E-state index contributed by atoms with van der Waals surface area (Å²) < 4.78 is 18.1. The lowest BCUT2D eigenvalue weighted by Crippen LogP contribution is -2.25. The summed E-state index contributed by atoms with van der Waals surface area (Å²) in [6, 6.07) is 19.2. The highest BCUT2D eigenvalue weighted by Gasteiger charge is 2.13. The summed E-state index contributed by atoms with van der Waals surface area (Å²) in [4.78, 5) is 14.2. The summed E-state index contributed by atoms with van der Waals surface area (Å²) >= 11 is 1.71. The van der Waals surface area contributed by atoms with Crippen LogP contribution in [0.3, 0.4) is 0 Å². The number of furan rings is 1. The Hall–Kier alpha value is -2.31. The molecule has 3 rings (SSSR count). The number of rotatable bonds is 8. The fraction of sp³-hybridized carbons (Fsp3) is 0.227. The molecule has 0 saturated heterocycles. The molecule has 0 bridgehead atoms. The maximum atomic E-state index is 12.5. The molecule has 0 saturated carbocycles. The lowest BCUT2D eigenvalue weighted by atomic mass is 10.1. The molecule has 2 aromatic carbocycles. The molecule has 1 amide bonds. The lowest BCUT2D eigenvalue weighted by Gasteiger charge is -2.05. The minimum atomic E-state index is -1.20. The molecule has 1 unspecified atom stereocenters. The molecular formula is C22H23NO3S2. The minimum Gasteiger partial charge on any atom is -0.455 e. The average Bonchev–Trinajstić information content (AvgIpc) is 3.17. The van der Waals surface area contributed by atoms with E-state index in [2.05, 4.69) is 29.6 Å². The Morgan fingerprint density at radius 3 is 2.61 bits per heavy atom. The molecule has 3 aromatic rings. The van der Waals surface area contributed by atoms with Crippen LogP contribution in [0.15, 0.2) is 74.9 Å². The maximum Gasteiger partial charge on any atom is 0.287 e. The van der Waals surface area contributed by atoms with Gasteiger partial charge in [0.05, 0.1) is 16.6 Å². The molecule has 28 heavy (non-hydrogen) atoms. The Balaban J connectivity index is 1.51. The van der Waals surface area contributed by atoms with Gasteiger partial charge in [0.15, 0.2) is 5.76 Å². The molecule has 6 heteroatoms. The van der Waals surface area contributed by atoms with Crippen molar-refractivity contribution in [3.05, 3.63) is 83.3 Å².